The van der Waals surface area contributed by atoms with Crippen molar-refractivity contribution in [3.63, 3.8) is 0 Å². The molecule has 0 saturated carbocycles. The third kappa shape index (κ3) is 3.04. The Morgan fingerprint density at radius 3 is 1.43 bits per heavy atom. The maximum atomic E-state index is 11.4. The molecule has 0 aliphatic carbocycles. The summed E-state index contributed by atoms with van der Waals surface area (Å²) >= 11 is 0. The number of aliphatic hydroxyl groups is 2. The Hall–Kier alpha value is -2.42. The van der Waals surface area contributed by atoms with Crippen molar-refractivity contribution in [3.05, 3.63) is 108 Å². The second-order valence-electron chi connectivity index (χ2n) is 5.70. The zero-order valence-corrected chi connectivity index (χ0v) is 12.8. The normalized spacial score (nSPS) is 13.7. The third-order valence-corrected chi connectivity index (χ3v) is 4.26. The molecule has 3 rings (SSSR count). The Morgan fingerprint density at radius 2 is 1.04 bits per heavy atom. The molecule has 3 aromatic carbocycles. The minimum atomic E-state index is -1.38. The van der Waals surface area contributed by atoms with Gasteiger partial charge >= 0.3 is 0 Å². The fraction of sp³-hybridized carbons (Fsp3) is 0.143. The minimum Gasteiger partial charge on any atom is -0.393 e. The molecule has 0 aliphatic heterocycles. The van der Waals surface area contributed by atoms with E-state index in [4.69, 9.17) is 0 Å². The molecule has 116 valence electrons. The molecule has 3 aromatic rings. The highest BCUT2D eigenvalue weighted by Gasteiger charge is 2.39. The molecule has 0 amide bonds. The summed E-state index contributed by atoms with van der Waals surface area (Å²) in [6.45, 7) is -0.356. The van der Waals surface area contributed by atoms with Gasteiger partial charge in [-0.2, -0.15) is 0 Å². The third-order valence-electron chi connectivity index (χ3n) is 4.26. The largest absolute Gasteiger partial charge is 0.393 e. The molecule has 0 aromatic heterocycles. The van der Waals surface area contributed by atoms with Crippen molar-refractivity contribution in [1.29, 1.82) is 0 Å². The number of rotatable bonds is 5. The fourth-order valence-corrected chi connectivity index (χ4v) is 3.11. The van der Waals surface area contributed by atoms with Gasteiger partial charge in [0.2, 0.25) is 0 Å². The smallest absolute Gasteiger partial charge is 0.123 e. The van der Waals surface area contributed by atoms with Crippen molar-refractivity contribution < 1.29 is 10.2 Å². The van der Waals surface area contributed by atoms with E-state index >= 15 is 0 Å². The first-order chi connectivity index (χ1) is 11.3. The van der Waals surface area contributed by atoms with Gasteiger partial charge in [0.25, 0.3) is 0 Å². The average molecular weight is 304 g/mol. The summed E-state index contributed by atoms with van der Waals surface area (Å²) in [7, 11) is 0. The van der Waals surface area contributed by atoms with E-state index in [1.165, 1.54) is 0 Å². The van der Waals surface area contributed by atoms with Gasteiger partial charge in [-0.05, 0) is 16.7 Å². The van der Waals surface area contributed by atoms with Crippen LogP contribution in [-0.2, 0) is 5.60 Å². The molecule has 0 saturated heterocycles. The highest BCUT2D eigenvalue weighted by atomic mass is 16.3. The standard InChI is InChI=1S/C21H20O2/c22-16-21(23,19-14-8-3-9-15-19)20(17-10-4-1-5-11-17)18-12-6-2-7-13-18/h1-15,20,22-23H,16H2. The summed E-state index contributed by atoms with van der Waals surface area (Å²) in [5, 5.41) is 21.5. The van der Waals surface area contributed by atoms with Crippen LogP contribution in [0, 0.1) is 0 Å². The molecular formula is C21H20O2. The molecule has 0 fully saturated rings. The summed E-state index contributed by atoms with van der Waals surface area (Å²) in [5.74, 6) is -0.350. The number of hydrogen-bond donors (Lipinski definition) is 2. The second kappa shape index (κ2) is 6.78. The van der Waals surface area contributed by atoms with E-state index in [1.807, 2.05) is 91.0 Å². The van der Waals surface area contributed by atoms with Gasteiger partial charge in [0.1, 0.15) is 5.60 Å². The molecule has 23 heavy (non-hydrogen) atoms. The summed E-state index contributed by atoms with van der Waals surface area (Å²) in [4.78, 5) is 0. The van der Waals surface area contributed by atoms with Crippen LogP contribution in [0.3, 0.4) is 0 Å². The molecule has 0 heterocycles. The lowest BCUT2D eigenvalue weighted by Gasteiger charge is -2.36. The van der Waals surface area contributed by atoms with Crippen molar-refractivity contribution in [2.45, 2.75) is 11.5 Å². The first kappa shape index (κ1) is 15.5. The van der Waals surface area contributed by atoms with E-state index in [0.717, 1.165) is 11.1 Å². The first-order valence-electron chi connectivity index (χ1n) is 7.74. The average Bonchev–Trinajstić information content (AvgIpc) is 2.64. The van der Waals surface area contributed by atoms with E-state index in [2.05, 4.69) is 0 Å². The van der Waals surface area contributed by atoms with Crippen LogP contribution in [0.25, 0.3) is 0 Å². The van der Waals surface area contributed by atoms with Crippen LogP contribution in [0.2, 0.25) is 0 Å². The monoisotopic (exact) mass is 304 g/mol. The Labute approximate surface area is 136 Å². The Kier molecular flexibility index (Phi) is 4.56. The highest BCUT2D eigenvalue weighted by molar-refractivity contribution is 5.40. The van der Waals surface area contributed by atoms with Crippen LogP contribution in [0.4, 0.5) is 0 Å². The molecule has 2 nitrogen and oxygen atoms in total. The maximum absolute atomic E-state index is 11.4. The fourth-order valence-electron chi connectivity index (χ4n) is 3.11. The summed E-state index contributed by atoms with van der Waals surface area (Å²) < 4.78 is 0. The Balaban J connectivity index is 2.18. The maximum Gasteiger partial charge on any atom is 0.123 e. The van der Waals surface area contributed by atoms with Gasteiger partial charge in [0.05, 0.1) is 6.61 Å². The molecule has 0 bridgehead atoms. The quantitative estimate of drug-likeness (QED) is 0.754. The van der Waals surface area contributed by atoms with Crippen LogP contribution >= 0.6 is 0 Å². The first-order valence-corrected chi connectivity index (χ1v) is 7.74. The summed E-state index contributed by atoms with van der Waals surface area (Å²) in [6.07, 6.45) is 0. The van der Waals surface area contributed by atoms with Crippen LogP contribution in [0.1, 0.15) is 22.6 Å². The number of aliphatic hydroxyl groups excluding tert-OH is 1. The Bertz CT molecular complexity index is 686. The summed E-state index contributed by atoms with van der Waals surface area (Å²) in [6, 6.07) is 29.0. The summed E-state index contributed by atoms with van der Waals surface area (Å²) in [5.41, 5.74) is 1.27. The molecule has 0 spiro atoms. The van der Waals surface area contributed by atoms with Gasteiger partial charge in [-0.1, -0.05) is 91.0 Å². The molecule has 2 heteroatoms. The van der Waals surface area contributed by atoms with Gasteiger partial charge in [0.15, 0.2) is 0 Å². The van der Waals surface area contributed by atoms with Gasteiger partial charge < -0.3 is 10.2 Å². The molecule has 0 aliphatic rings. The molecule has 2 N–H and O–H groups in total. The van der Waals surface area contributed by atoms with Crippen LogP contribution in [-0.4, -0.2) is 16.8 Å². The van der Waals surface area contributed by atoms with Gasteiger partial charge in [-0.3, -0.25) is 0 Å². The van der Waals surface area contributed by atoms with Crippen molar-refractivity contribution in [1.82, 2.24) is 0 Å². The van der Waals surface area contributed by atoms with E-state index in [-0.39, 0.29) is 12.5 Å². The van der Waals surface area contributed by atoms with Gasteiger partial charge in [-0.25, -0.2) is 0 Å². The van der Waals surface area contributed by atoms with Crippen LogP contribution < -0.4 is 0 Å². The lowest BCUT2D eigenvalue weighted by Crippen LogP contribution is -2.38. The number of hydrogen-bond acceptors (Lipinski definition) is 2. The predicted octanol–water partition coefficient (Wildman–Crippen LogP) is 3.70. The van der Waals surface area contributed by atoms with Crippen molar-refractivity contribution in [2.75, 3.05) is 6.61 Å². The van der Waals surface area contributed by atoms with Gasteiger partial charge in [-0.15, -0.1) is 0 Å². The van der Waals surface area contributed by atoms with E-state index in [0.29, 0.717) is 5.56 Å². The molecule has 1 atom stereocenters. The van der Waals surface area contributed by atoms with Crippen LogP contribution in [0.15, 0.2) is 91.0 Å². The van der Waals surface area contributed by atoms with Gasteiger partial charge in [0, 0.05) is 5.92 Å². The number of benzene rings is 3. The molecular weight excluding hydrogens is 284 g/mol. The van der Waals surface area contributed by atoms with Crippen molar-refractivity contribution in [2.24, 2.45) is 0 Å². The lowest BCUT2D eigenvalue weighted by molar-refractivity contribution is -0.0329. The molecule has 0 radical (unpaired) electrons. The predicted molar refractivity (Wildman–Crippen MR) is 92.2 cm³/mol. The lowest BCUT2D eigenvalue weighted by atomic mass is 9.74. The second-order valence-corrected chi connectivity index (χ2v) is 5.70. The topological polar surface area (TPSA) is 40.5 Å². The van der Waals surface area contributed by atoms with E-state index < -0.39 is 5.60 Å². The van der Waals surface area contributed by atoms with E-state index in [1.54, 1.807) is 0 Å². The highest BCUT2D eigenvalue weighted by Crippen LogP contribution is 2.41. The van der Waals surface area contributed by atoms with Crippen molar-refractivity contribution in [3.8, 4) is 0 Å². The van der Waals surface area contributed by atoms with E-state index in [9.17, 15) is 10.2 Å². The Morgan fingerprint density at radius 1 is 0.652 bits per heavy atom. The molecule has 1 unspecified atom stereocenters. The zero-order chi connectivity index (χ0) is 16.1. The SMILES string of the molecule is OCC(O)(c1ccccc1)C(c1ccccc1)c1ccccc1. The van der Waals surface area contributed by atoms with Crippen LogP contribution in [0.5, 0.6) is 0 Å². The zero-order valence-electron chi connectivity index (χ0n) is 12.8. The minimum absolute atomic E-state index is 0.350. The van der Waals surface area contributed by atoms with Crippen molar-refractivity contribution >= 4 is 0 Å².